The molecule has 0 aliphatic carbocycles. The van der Waals surface area contributed by atoms with E-state index in [4.69, 9.17) is 16.3 Å². The molecule has 0 saturated heterocycles. The molecule has 0 aromatic heterocycles. The number of rotatable bonds is 10. The van der Waals surface area contributed by atoms with Gasteiger partial charge in [0.1, 0.15) is 4.90 Å². The zero-order chi connectivity index (χ0) is 20.6. The number of para-hydroxylation sites is 1. The molecule has 0 spiro atoms. The number of carbonyl (C=O) groups excluding carboxylic acids is 1. The highest BCUT2D eigenvalue weighted by Crippen LogP contribution is 2.29. The SMILES string of the molecule is C=CCN(c1ccccc1)S(=O)(=O)c1cc(C(=O)NCCCOC)ccc1Cl. The fourth-order valence-corrected chi connectivity index (χ4v) is 4.47. The van der Waals surface area contributed by atoms with E-state index in [2.05, 4.69) is 11.9 Å². The highest BCUT2D eigenvalue weighted by Gasteiger charge is 2.27. The molecule has 1 amide bonds. The van der Waals surface area contributed by atoms with Gasteiger partial charge in [-0.3, -0.25) is 9.10 Å². The minimum Gasteiger partial charge on any atom is -0.385 e. The summed E-state index contributed by atoms with van der Waals surface area (Å²) in [6.07, 6.45) is 2.15. The van der Waals surface area contributed by atoms with Gasteiger partial charge in [0.2, 0.25) is 0 Å². The van der Waals surface area contributed by atoms with E-state index in [9.17, 15) is 13.2 Å². The molecule has 0 aliphatic rings. The molecule has 0 heterocycles. The molecule has 1 N–H and O–H groups in total. The van der Waals surface area contributed by atoms with Crippen LogP contribution in [0.5, 0.6) is 0 Å². The maximum absolute atomic E-state index is 13.3. The fraction of sp³-hybridized carbons (Fsp3) is 0.250. The lowest BCUT2D eigenvalue weighted by Crippen LogP contribution is -2.32. The highest BCUT2D eigenvalue weighted by atomic mass is 35.5. The summed E-state index contributed by atoms with van der Waals surface area (Å²) in [5.74, 6) is -0.376. The fourth-order valence-electron chi connectivity index (χ4n) is 2.54. The van der Waals surface area contributed by atoms with Crippen molar-refractivity contribution in [2.75, 3.05) is 31.1 Å². The minimum absolute atomic E-state index is 0.0425. The van der Waals surface area contributed by atoms with Gasteiger partial charge in [-0.2, -0.15) is 0 Å². The van der Waals surface area contributed by atoms with E-state index in [-0.39, 0.29) is 27.9 Å². The summed E-state index contributed by atoms with van der Waals surface area (Å²) >= 11 is 6.18. The number of ether oxygens (including phenoxy) is 1. The molecule has 2 aromatic carbocycles. The van der Waals surface area contributed by atoms with Crippen LogP contribution in [0.1, 0.15) is 16.8 Å². The number of benzene rings is 2. The monoisotopic (exact) mass is 422 g/mol. The Morgan fingerprint density at radius 2 is 1.96 bits per heavy atom. The summed E-state index contributed by atoms with van der Waals surface area (Å²) in [7, 11) is -2.42. The van der Waals surface area contributed by atoms with Crippen molar-refractivity contribution in [3.05, 3.63) is 71.8 Å². The number of halogens is 1. The number of sulfonamides is 1. The van der Waals surface area contributed by atoms with Gasteiger partial charge in [-0.05, 0) is 36.8 Å². The van der Waals surface area contributed by atoms with Crippen LogP contribution in [0, 0.1) is 0 Å². The minimum atomic E-state index is -4.00. The Labute approximate surface area is 170 Å². The Hall–Kier alpha value is -2.35. The Kier molecular flexibility index (Phi) is 8.04. The van der Waals surface area contributed by atoms with Crippen LogP contribution in [0.25, 0.3) is 0 Å². The van der Waals surface area contributed by atoms with E-state index in [1.54, 1.807) is 37.4 Å². The first kappa shape index (κ1) is 21.9. The van der Waals surface area contributed by atoms with E-state index < -0.39 is 10.0 Å². The number of anilines is 1. The van der Waals surface area contributed by atoms with Crippen LogP contribution in [0.15, 0.2) is 66.1 Å². The van der Waals surface area contributed by atoms with Crippen LogP contribution in [-0.4, -0.2) is 41.1 Å². The molecule has 2 aromatic rings. The van der Waals surface area contributed by atoms with Crippen molar-refractivity contribution in [1.82, 2.24) is 5.32 Å². The number of carbonyl (C=O) groups is 1. The second kappa shape index (κ2) is 10.3. The molecular weight excluding hydrogens is 400 g/mol. The van der Waals surface area contributed by atoms with Gasteiger partial charge in [0.25, 0.3) is 15.9 Å². The molecular formula is C20H23ClN2O4S. The zero-order valence-corrected chi connectivity index (χ0v) is 17.2. The van der Waals surface area contributed by atoms with Gasteiger partial charge in [-0.1, -0.05) is 35.9 Å². The Balaban J connectivity index is 2.36. The van der Waals surface area contributed by atoms with E-state index in [1.807, 2.05) is 0 Å². The summed E-state index contributed by atoms with van der Waals surface area (Å²) < 4.78 is 32.7. The maximum atomic E-state index is 13.3. The molecule has 0 atom stereocenters. The second-order valence-corrected chi connectivity index (χ2v) is 8.15. The third-order valence-electron chi connectivity index (χ3n) is 3.91. The van der Waals surface area contributed by atoms with E-state index >= 15 is 0 Å². The number of hydrogen-bond donors (Lipinski definition) is 1. The van der Waals surface area contributed by atoms with Crippen LogP contribution in [0.2, 0.25) is 5.02 Å². The van der Waals surface area contributed by atoms with Crippen molar-refractivity contribution in [1.29, 1.82) is 0 Å². The van der Waals surface area contributed by atoms with Gasteiger partial charge in [0, 0.05) is 25.8 Å². The molecule has 150 valence electrons. The Bertz CT molecular complexity index is 917. The predicted molar refractivity (Wildman–Crippen MR) is 111 cm³/mol. The molecule has 0 aliphatic heterocycles. The highest BCUT2D eigenvalue weighted by molar-refractivity contribution is 7.93. The molecule has 0 bridgehead atoms. The average molecular weight is 423 g/mol. The van der Waals surface area contributed by atoms with Gasteiger partial charge < -0.3 is 10.1 Å². The lowest BCUT2D eigenvalue weighted by Gasteiger charge is -2.24. The van der Waals surface area contributed by atoms with Gasteiger partial charge in [-0.25, -0.2) is 8.42 Å². The molecule has 6 nitrogen and oxygen atoms in total. The van der Waals surface area contributed by atoms with Gasteiger partial charge in [-0.15, -0.1) is 6.58 Å². The first-order valence-electron chi connectivity index (χ1n) is 8.67. The van der Waals surface area contributed by atoms with Crippen molar-refractivity contribution in [2.24, 2.45) is 0 Å². The molecule has 0 radical (unpaired) electrons. The smallest absolute Gasteiger partial charge is 0.266 e. The van der Waals surface area contributed by atoms with Crippen molar-refractivity contribution in [3.63, 3.8) is 0 Å². The number of hydrogen-bond acceptors (Lipinski definition) is 4. The van der Waals surface area contributed by atoms with Crippen molar-refractivity contribution < 1.29 is 17.9 Å². The first-order valence-corrected chi connectivity index (χ1v) is 10.5. The van der Waals surface area contributed by atoms with Gasteiger partial charge in [0.15, 0.2) is 0 Å². The summed E-state index contributed by atoms with van der Waals surface area (Å²) in [5.41, 5.74) is 0.694. The summed E-state index contributed by atoms with van der Waals surface area (Å²) in [6, 6.07) is 12.8. The lowest BCUT2D eigenvalue weighted by molar-refractivity contribution is 0.0948. The maximum Gasteiger partial charge on any atom is 0.266 e. The standard InChI is InChI=1S/C20H23ClN2O4S/c1-3-13-23(17-8-5-4-6-9-17)28(25,26)19-15-16(10-11-18(19)21)20(24)22-12-7-14-27-2/h3-6,8-11,15H,1,7,12-14H2,2H3,(H,22,24). The number of amides is 1. The Morgan fingerprint density at radius 1 is 1.25 bits per heavy atom. The number of nitrogens with zero attached hydrogens (tertiary/aromatic N) is 1. The van der Waals surface area contributed by atoms with Gasteiger partial charge >= 0.3 is 0 Å². The molecule has 28 heavy (non-hydrogen) atoms. The van der Waals surface area contributed by atoms with Crippen LogP contribution < -0.4 is 9.62 Å². The van der Waals surface area contributed by atoms with Crippen LogP contribution >= 0.6 is 11.6 Å². The van der Waals surface area contributed by atoms with Crippen LogP contribution in [0.4, 0.5) is 5.69 Å². The van der Waals surface area contributed by atoms with E-state index in [0.29, 0.717) is 25.3 Å². The van der Waals surface area contributed by atoms with E-state index in [1.165, 1.54) is 28.6 Å². The average Bonchev–Trinajstić information content (AvgIpc) is 2.70. The van der Waals surface area contributed by atoms with Crippen molar-refractivity contribution in [2.45, 2.75) is 11.3 Å². The molecule has 8 heteroatoms. The van der Waals surface area contributed by atoms with Crippen LogP contribution in [-0.2, 0) is 14.8 Å². The van der Waals surface area contributed by atoms with Crippen molar-refractivity contribution in [3.8, 4) is 0 Å². The predicted octanol–water partition coefficient (Wildman–Crippen LogP) is 3.49. The largest absolute Gasteiger partial charge is 0.385 e. The molecule has 0 unspecified atom stereocenters. The van der Waals surface area contributed by atoms with E-state index in [0.717, 1.165) is 0 Å². The number of methoxy groups -OCH3 is 1. The molecule has 0 fully saturated rings. The topological polar surface area (TPSA) is 75.7 Å². The number of nitrogens with one attached hydrogen (secondary N) is 1. The summed E-state index contributed by atoms with van der Waals surface area (Å²) in [4.78, 5) is 12.2. The summed E-state index contributed by atoms with van der Waals surface area (Å²) in [5, 5.41) is 2.77. The third kappa shape index (κ3) is 5.34. The second-order valence-electron chi connectivity index (χ2n) is 5.91. The summed E-state index contributed by atoms with van der Waals surface area (Å²) in [6.45, 7) is 4.64. The quantitative estimate of drug-likeness (QED) is 0.469. The van der Waals surface area contributed by atoms with Gasteiger partial charge in [0.05, 0.1) is 17.3 Å². The normalized spacial score (nSPS) is 11.1. The Morgan fingerprint density at radius 3 is 2.61 bits per heavy atom. The third-order valence-corrected chi connectivity index (χ3v) is 6.19. The van der Waals surface area contributed by atoms with Crippen LogP contribution in [0.3, 0.4) is 0 Å². The zero-order valence-electron chi connectivity index (χ0n) is 15.6. The van der Waals surface area contributed by atoms with Crippen molar-refractivity contribution >= 4 is 33.2 Å². The first-order chi connectivity index (χ1) is 13.4. The molecule has 2 rings (SSSR count). The lowest BCUT2D eigenvalue weighted by atomic mass is 10.2. The molecule has 0 saturated carbocycles.